The zero-order valence-corrected chi connectivity index (χ0v) is 15.0. The van der Waals surface area contributed by atoms with E-state index in [2.05, 4.69) is 10.6 Å². The fraction of sp³-hybridized carbons (Fsp3) is 0.263. The van der Waals surface area contributed by atoms with Gasteiger partial charge >= 0.3 is 0 Å². The Kier molecular flexibility index (Phi) is 6.00. The Bertz CT molecular complexity index is 722. The van der Waals surface area contributed by atoms with Crippen LogP contribution in [0, 0.1) is 0 Å². The molecule has 25 heavy (non-hydrogen) atoms. The maximum atomic E-state index is 12.1. The van der Waals surface area contributed by atoms with Gasteiger partial charge in [-0.15, -0.1) is 0 Å². The standard InChI is InChI=1S/C19H24N4O2/c1-22(2)16-9-5-14(6-10-16)19(25)20-13-18(24)21-15-7-11-17(12-8-15)23(3)4/h5-12H,13H2,1-4H3,(H,20,25)(H,21,24). The van der Waals surface area contributed by atoms with Crippen molar-refractivity contribution in [2.24, 2.45) is 0 Å². The average Bonchev–Trinajstić information content (AvgIpc) is 2.60. The van der Waals surface area contributed by atoms with Crippen molar-refractivity contribution in [3.63, 3.8) is 0 Å². The number of carbonyl (C=O) groups excluding carboxylic acids is 2. The van der Waals surface area contributed by atoms with E-state index in [4.69, 9.17) is 0 Å². The summed E-state index contributed by atoms with van der Waals surface area (Å²) in [4.78, 5) is 28.0. The molecule has 0 aliphatic heterocycles. The van der Waals surface area contributed by atoms with Gasteiger partial charge in [0.1, 0.15) is 0 Å². The number of nitrogens with zero attached hydrogens (tertiary/aromatic N) is 2. The lowest BCUT2D eigenvalue weighted by Gasteiger charge is -2.13. The third kappa shape index (κ3) is 5.24. The minimum Gasteiger partial charge on any atom is -0.378 e. The highest BCUT2D eigenvalue weighted by Crippen LogP contribution is 2.15. The fourth-order valence-corrected chi connectivity index (χ4v) is 2.22. The molecule has 0 saturated carbocycles. The van der Waals surface area contributed by atoms with E-state index >= 15 is 0 Å². The van der Waals surface area contributed by atoms with Gasteiger partial charge in [0, 0.05) is 50.8 Å². The molecule has 2 rings (SSSR count). The molecule has 0 saturated heterocycles. The van der Waals surface area contributed by atoms with Crippen molar-refractivity contribution in [2.75, 3.05) is 49.9 Å². The van der Waals surface area contributed by atoms with E-state index in [0.717, 1.165) is 11.4 Å². The number of nitrogens with one attached hydrogen (secondary N) is 2. The number of hydrogen-bond acceptors (Lipinski definition) is 4. The number of anilines is 3. The van der Waals surface area contributed by atoms with Crippen LogP contribution >= 0.6 is 0 Å². The first-order valence-corrected chi connectivity index (χ1v) is 7.99. The SMILES string of the molecule is CN(C)c1ccc(NC(=O)CNC(=O)c2ccc(N(C)C)cc2)cc1. The maximum absolute atomic E-state index is 12.1. The normalized spacial score (nSPS) is 10.1. The van der Waals surface area contributed by atoms with Gasteiger partial charge in [-0.25, -0.2) is 0 Å². The Labute approximate surface area is 148 Å². The van der Waals surface area contributed by atoms with Crippen LogP contribution in [0.2, 0.25) is 0 Å². The third-order valence-electron chi connectivity index (χ3n) is 3.72. The van der Waals surface area contributed by atoms with E-state index in [0.29, 0.717) is 11.3 Å². The molecule has 0 heterocycles. The van der Waals surface area contributed by atoms with Crippen LogP contribution in [0.5, 0.6) is 0 Å². The fourth-order valence-electron chi connectivity index (χ4n) is 2.22. The van der Waals surface area contributed by atoms with E-state index in [9.17, 15) is 9.59 Å². The predicted molar refractivity (Wildman–Crippen MR) is 103 cm³/mol. The summed E-state index contributed by atoms with van der Waals surface area (Å²) in [6, 6.07) is 14.7. The molecule has 2 aromatic carbocycles. The molecule has 0 fully saturated rings. The van der Waals surface area contributed by atoms with Crippen LogP contribution in [-0.4, -0.2) is 46.5 Å². The van der Waals surface area contributed by atoms with Gasteiger partial charge in [-0.3, -0.25) is 9.59 Å². The summed E-state index contributed by atoms with van der Waals surface area (Å²) in [7, 11) is 7.78. The van der Waals surface area contributed by atoms with Crippen LogP contribution in [0.4, 0.5) is 17.1 Å². The lowest BCUT2D eigenvalue weighted by molar-refractivity contribution is -0.115. The summed E-state index contributed by atoms with van der Waals surface area (Å²) in [6.45, 7) is -0.0797. The third-order valence-corrected chi connectivity index (χ3v) is 3.72. The van der Waals surface area contributed by atoms with E-state index < -0.39 is 0 Å². The zero-order valence-electron chi connectivity index (χ0n) is 15.0. The molecule has 2 aromatic rings. The van der Waals surface area contributed by atoms with Gasteiger partial charge < -0.3 is 20.4 Å². The Hall–Kier alpha value is -3.02. The second kappa shape index (κ2) is 8.19. The Balaban J connectivity index is 1.85. The Morgan fingerprint density at radius 2 is 1.28 bits per heavy atom. The van der Waals surface area contributed by atoms with Crippen molar-refractivity contribution >= 4 is 28.9 Å². The molecule has 6 nitrogen and oxygen atoms in total. The number of amides is 2. The van der Waals surface area contributed by atoms with Crippen molar-refractivity contribution in [1.82, 2.24) is 5.32 Å². The molecule has 0 aliphatic carbocycles. The maximum Gasteiger partial charge on any atom is 0.251 e. The first-order chi connectivity index (χ1) is 11.9. The van der Waals surface area contributed by atoms with Crippen molar-refractivity contribution in [2.45, 2.75) is 0 Å². The minimum atomic E-state index is -0.275. The predicted octanol–water partition coefficient (Wildman–Crippen LogP) is 2.19. The molecule has 0 aliphatic rings. The van der Waals surface area contributed by atoms with Crippen molar-refractivity contribution in [3.8, 4) is 0 Å². The van der Waals surface area contributed by atoms with Crippen LogP contribution in [0.1, 0.15) is 10.4 Å². The molecule has 6 heteroatoms. The first-order valence-electron chi connectivity index (χ1n) is 7.99. The molecule has 2 amide bonds. The van der Waals surface area contributed by atoms with Gasteiger partial charge in [-0.1, -0.05) is 0 Å². The smallest absolute Gasteiger partial charge is 0.251 e. The summed E-state index contributed by atoms with van der Waals surface area (Å²) < 4.78 is 0. The highest BCUT2D eigenvalue weighted by molar-refractivity contribution is 5.99. The van der Waals surface area contributed by atoms with E-state index in [1.807, 2.05) is 74.4 Å². The molecule has 0 aromatic heterocycles. The number of rotatable bonds is 6. The first kappa shape index (κ1) is 18.3. The molecular weight excluding hydrogens is 316 g/mol. The van der Waals surface area contributed by atoms with Gasteiger partial charge in [-0.2, -0.15) is 0 Å². The molecule has 2 N–H and O–H groups in total. The second-order valence-electron chi connectivity index (χ2n) is 6.11. The number of carbonyl (C=O) groups is 2. The van der Waals surface area contributed by atoms with Crippen LogP contribution < -0.4 is 20.4 Å². The Morgan fingerprint density at radius 1 is 0.800 bits per heavy atom. The van der Waals surface area contributed by atoms with E-state index in [-0.39, 0.29) is 18.4 Å². The van der Waals surface area contributed by atoms with E-state index in [1.54, 1.807) is 12.1 Å². The number of benzene rings is 2. The molecule has 0 atom stereocenters. The van der Waals surface area contributed by atoms with Crippen LogP contribution in [0.15, 0.2) is 48.5 Å². The van der Waals surface area contributed by atoms with Crippen molar-refractivity contribution in [1.29, 1.82) is 0 Å². The zero-order chi connectivity index (χ0) is 18.4. The topological polar surface area (TPSA) is 64.7 Å². The van der Waals surface area contributed by atoms with Crippen LogP contribution in [0.25, 0.3) is 0 Å². The van der Waals surface area contributed by atoms with Gasteiger partial charge in [0.15, 0.2) is 0 Å². The highest BCUT2D eigenvalue weighted by Gasteiger charge is 2.09. The molecule has 0 radical (unpaired) electrons. The molecule has 0 unspecified atom stereocenters. The quantitative estimate of drug-likeness (QED) is 0.846. The molecular formula is C19H24N4O2. The van der Waals surface area contributed by atoms with Gasteiger partial charge in [0.25, 0.3) is 5.91 Å². The van der Waals surface area contributed by atoms with Gasteiger partial charge in [0.05, 0.1) is 6.54 Å². The lowest BCUT2D eigenvalue weighted by atomic mass is 10.2. The summed E-state index contributed by atoms with van der Waals surface area (Å²) >= 11 is 0. The minimum absolute atomic E-state index is 0.0797. The average molecular weight is 340 g/mol. The Morgan fingerprint density at radius 3 is 1.76 bits per heavy atom. The van der Waals surface area contributed by atoms with Crippen molar-refractivity contribution < 1.29 is 9.59 Å². The monoisotopic (exact) mass is 340 g/mol. The van der Waals surface area contributed by atoms with Crippen LogP contribution in [0.3, 0.4) is 0 Å². The molecule has 0 spiro atoms. The highest BCUT2D eigenvalue weighted by atomic mass is 16.2. The van der Waals surface area contributed by atoms with Gasteiger partial charge in [-0.05, 0) is 48.5 Å². The summed E-state index contributed by atoms with van der Waals surface area (Å²) in [6.07, 6.45) is 0. The molecule has 0 bridgehead atoms. The molecule has 132 valence electrons. The van der Waals surface area contributed by atoms with Crippen LogP contribution in [-0.2, 0) is 4.79 Å². The largest absolute Gasteiger partial charge is 0.378 e. The summed E-state index contributed by atoms with van der Waals surface area (Å²) in [5, 5.41) is 5.38. The van der Waals surface area contributed by atoms with Crippen molar-refractivity contribution in [3.05, 3.63) is 54.1 Å². The second-order valence-corrected chi connectivity index (χ2v) is 6.11. The lowest BCUT2D eigenvalue weighted by Crippen LogP contribution is -2.32. The number of hydrogen-bond donors (Lipinski definition) is 2. The summed E-state index contributed by atoms with van der Waals surface area (Å²) in [5.74, 6) is -0.542. The summed E-state index contributed by atoms with van der Waals surface area (Å²) in [5.41, 5.74) is 3.27. The van der Waals surface area contributed by atoms with Gasteiger partial charge in [0.2, 0.25) is 5.91 Å². The van der Waals surface area contributed by atoms with E-state index in [1.165, 1.54) is 0 Å².